The summed E-state index contributed by atoms with van der Waals surface area (Å²) in [6, 6.07) is 9.94. The lowest BCUT2D eigenvalue weighted by Gasteiger charge is -2.15. The molecule has 3 aromatic rings. The van der Waals surface area contributed by atoms with Crippen molar-refractivity contribution in [1.29, 1.82) is 0 Å². The van der Waals surface area contributed by atoms with Gasteiger partial charge in [-0.2, -0.15) is 0 Å². The van der Waals surface area contributed by atoms with E-state index in [-0.39, 0.29) is 23.6 Å². The Morgan fingerprint density at radius 1 is 1.06 bits per heavy atom. The van der Waals surface area contributed by atoms with Crippen LogP contribution in [0.25, 0.3) is 0 Å². The topological polar surface area (TPSA) is 88.9 Å². The van der Waals surface area contributed by atoms with Gasteiger partial charge >= 0.3 is 0 Å². The van der Waals surface area contributed by atoms with Gasteiger partial charge in [0.1, 0.15) is 0 Å². The second-order valence-electron chi connectivity index (χ2n) is 7.23. The third kappa shape index (κ3) is 6.41. The molecule has 2 amide bonds. The highest BCUT2D eigenvalue weighted by Crippen LogP contribution is 2.32. The van der Waals surface area contributed by atoms with Gasteiger partial charge in [-0.3, -0.25) is 9.59 Å². The van der Waals surface area contributed by atoms with Gasteiger partial charge in [-0.15, -0.1) is 10.2 Å². The maximum absolute atomic E-state index is 12.6. The van der Waals surface area contributed by atoms with Crippen LogP contribution in [0, 0.1) is 6.92 Å². The van der Waals surface area contributed by atoms with Crippen molar-refractivity contribution >= 4 is 64.1 Å². The normalized spacial score (nSPS) is 11.8. The largest absolute Gasteiger partial charge is 0.342 e. The van der Waals surface area contributed by atoms with Gasteiger partial charge in [0.25, 0.3) is 5.91 Å². The molecule has 2 aromatic carbocycles. The first-order chi connectivity index (χ1) is 15.7. The van der Waals surface area contributed by atoms with Crippen LogP contribution in [0.2, 0.25) is 15.1 Å². The van der Waals surface area contributed by atoms with Gasteiger partial charge < -0.3 is 15.2 Å². The molecule has 11 heteroatoms. The average molecular weight is 527 g/mol. The van der Waals surface area contributed by atoms with E-state index >= 15 is 0 Å². The number of thioether (sulfide) groups is 1. The zero-order valence-electron chi connectivity index (χ0n) is 18.2. The number of hydrogen-bond acceptors (Lipinski definition) is 5. The Balaban J connectivity index is 1.64. The highest BCUT2D eigenvalue weighted by molar-refractivity contribution is 7.99. The third-order valence-electron chi connectivity index (χ3n) is 4.73. The van der Waals surface area contributed by atoms with Crippen molar-refractivity contribution < 1.29 is 9.59 Å². The Morgan fingerprint density at radius 2 is 1.73 bits per heavy atom. The molecule has 0 saturated heterocycles. The Hall–Kier alpha value is -2.26. The van der Waals surface area contributed by atoms with Gasteiger partial charge in [-0.05, 0) is 45.0 Å². The molecule has 33 heavy (non-hydrogen) atoms. The van der Waals surface area contributed by atoms with Crippen molar-refractivity contribution in [3.05, 3.63) is 68.4 Å². The summed E-state index contributed by atoms with van der Waals surface area (Å²) in [6.45, 7) is 6.33. The number of carbonyl (C=O) groups excluding carboxylic acids is 2. The first-order valence-corrected chi connectivity index (χ1v) is 12.2. The zero-order chi connectivity index (χ0) is 24.1. The molecule has 0 spiro atoms. The lowest BCUT2D eigenvalue weighted by atomic mass is 10.1. The molecule has 1 heterocycles. The summed E-state index contributed by atoms with van der Waals surface area (Å²) in [7, 11) is 0. The summed E-state index contributed by atoms with van der Waals surface area (Å²) in [5, 5.41) is 15.6. The number of nitrogens with one attached hydrogen (secondary N) is 2. The Morgan fingerprint density at radius 3 is 2.39 bits per heavy atom. The minimum atomic E-state index is -0.371. The number of nitrogens with zero attached hydrogens (tertiary/aromatic N) is 3. The minimum Gasteiger partial charge on any atom is -0.342 e. The molecule has 174 valence electrons. The minimum absolute atomic E-state index is 0.0822. The number of carbonyl (C=O) groups is 2. The molecule has 0 fully saturated rings. The molecular weight excluding hydrogens is 505 g/mol. The van der Waals surface area contributed by atoms with Crippen molar-refractivity contribution in [2.75, 3.05) is 11.1 Å². The summed E-state index contributed by atoms with van der Waals surface area (Å²) in [6.07, 6.45) is 0. The van der Waals surface area contributed by atoms with Crippen LogP contribution in [0.5, 0.6) is 0 Å². The van der Waals surface area contributed by atoms with Gasteiger partial charge in [-0.25, -0.2) is 0 Å². The smallest absolute Gasteiger partial charge is 0.251 e. The van der Waals surface area contributed by atoms with Crippen LogP contribution in [0.3, 0.4) is 0 Å². The van der Waals surface area contributed by atoms with Crippen molar-refractivity contribution in [1.82, 2.24) is 20.1 Å². The number of halogens is 3. The number of anilines is 1. The molecular formula is C22H22Cl3N5O2S. The fourth-order valence-electron chi connectivity index (χ4n) is 3.01. The molecule has 0 saturated carbocycles. The molecule has 7 nitrogen and oxygen atoms in total. The van der Waals surface area contributed by atoms with E-state index in [0.717, 1.165) is 5.56 Å². The first kappa shape index (κ1) is 25.4. The van der Waals surface area contributed by atoms with Crippen LogP contribution >= 0.6 is 46.6 Å². The maximum atomic E-state index is 12.6. The summed E-state index contributed by atoms with van der Waals surface area (Å²) < 4.78 is 1.87. The monoisotopic (exact) mass is 525 g/mol. The van der Waals surface area contributed by atoms with Gasteiger partial charge in [-0.1, -0.05) is 64.3 Å². The summed E-state index contributed by atoms with van der Waals surface area (Å²) in [5.41, 5.74) is 2.03. The van der Waals surface area contributed by atoms with Gasteiger partial charge in [0, 0.05) is 12.1 Å². The molecule has 0 bridgehead atoms. The lowest BCUT2D eigenvalue weighted by molar-refractivity contribution is -0.113. The Kier molecular flexibility index (Phi) is 8.64. The van der Waals surface area contributed by atoms with E-state index in [1.165, 1.54) is 23.9 Å². The molecule has 0 aliphatic carbocycles. The van der Waals surface area contributed by atoms with E-state index in [0.29, 0.717) is 43.8 Å². The van der Waals surface area contributed by atoms with Crippen molar-refractivity contribution in [3.63, 3.8) is 0 Å². The Bertz CT molecular complexity index is 1170. The van der Waals surface area contributed by atoms with Crippen LogP contribution in [-0.4, -0.2) is 32.3 Å². The summed E-state index contributed by atoms with van der Waals surface area (Å²) in [5.74, 6) is 0.209. The maximum Gasteiger partial charge on any atom is 0.251 e. The van der Waals surface area contributed by atoms with Crippen molar-refractivity contribution in [2.45, 2.75) is 38.5 Å². The van der Waals surface area contributed by atoms with Gasteiger partial charge in [0.05, 0.1) is 32.5 Å². The number of hydrogen-bond donors (Lipinski definition) is 2. The third-order valence-corrected chi connectivity index (χ3v) is 6.73. The molecule has 0 aliphatic rings. The van der Waals surface area contributed by atoms with E-state index in [4.69, 9.17) is 34.8 Å². The Labute approximate surface area is 211 Å². The van der Waals surface area contributed by atoms with E-state index < -0.39 is 0 Å². The first-order valence-electron chi connectivity index (χ1n) is 10.1. The molecule has 2 N–H and O–H groups in total. The van der Waals surface area contributed by atoms with Crippen LogP contribution in [0.15, 0.2) is 41.6 Å². The highest BCUT2D eigenvalue weighted by Gasteiger charge is 2.20. The van der Waals surface area contributed by atoms with Crippen LogP contribution in [0.4, 0.5) is 5.69 Å². The number of amides is 2. The predicted octanol–water partition coefficient (Wildman–Crippen LogP) is 5.79. The number of aromatic nitrogens is 3. The van der Waals surface area contributed by atoms with Crippen molar-refractivity contribution in [3.8, 4) is 0 Å². The zero-order valence-corrected chi connectivity index (χ0v) is 21.2. The highest BCUT2D eigenvalue weighted by atomic mass is 35.5. The van der Waals surface area contributed by atoms with Gasteiger partial charge in [0.2, 0.25) is 5.91 Å². The van der Waals surface area contributed by atoms with E-state index in [9.17, 15) is 9.59 Å². The second kappa shape index (κ2) is 11.2. The SMILES string of the molecule is CCn1c(SCC(=O)Nc2cc(Cl)c(Cl)cc2Cl)nnc1[C@H](C)NC(=O)c1ccc(C)cc1. The standard InChI is InChI=1S/C22H22Cl3N5O2S/c1-4-30-20(13(3)26-21(32)14-7-5-12(2)6-8-14)28-29-22(30)33-11-19(31)27-18-10-16(24)15(23)9-17(18)25/h5-10,13H,4,11H2,1-3H3,(H,26,32)(H,27,31)/t13-/m0/s1. The molecule has 1 aromatic heterocycles. The number of rotatable bonds is 8. The molecule has 3 rings (SSSR count). The van der Waals surface area contributed by atoms with E-state index in [1.54, 1.807) is 12.1 Å². The summed E-state index contributed by atoms with van der Waals surface area (Å²) >= 11 is 19.3. The van der Waals surface area contributed by atoms with Crippen molar-refractivity contribution in [2.24, 2.45) is 0 Å². The molecule has 0 radical (unpaired) electrons. The number of aryl methyl sites for hydroxylation is 1. The van der Waals surface area contributed by atoms with Crippen LogP contribution in [0.1, 0.15) is 41.6 Å². The van der Waals surface area contributed by atoms with Crippen LogP contribution in [-0.2, 0) is 11.3 Å². The van der Waals surface area contributed by atoms with E-state index in [1.807, 2.05) is 37.5 Å². The molecule has 0 aliphatic heterocycles. The number of benzene rings is 2. The fourth-order valence-corrected chi connectivity index (χ4v) is 4.41. The summed E-state index contributed by atoms with van der Waals surface area (Å²) in [4.78, 5) is 25.0. The van der Waals surface area contributed by atoms with Crippen LogP contribution < -0.4 is 10.6 Å². The lowest BCUT2D eigenvalue weighted by Crippen LogP contribution is -2.28. The average Bonchev–Trinajstić information content (AvgIpc) is 3.19. The predicted molar refractivity (Wildman–Crippen MR) is 134 cm³/mol. The molecule has 0 unspecified atom stereocenters. The quantitative estimate of drug-likeness (QED) is 0.286. The van der Waals surface area contributed by atoms with E-state index in [2.05, 4.69) is 20.8 Å². The second-order valence-corrected chi connectivity index (χ2v) is 9.39. The van der Waals surface area contributed by atoms with Gasteiger partial charge in [0.15, 0.2) is 11.0 Å². The molecule has 1 atom stereocenters. The fraction of sp³-hybridized carbons (Fsp3) is 0.273.